The van der Waals surface area contributed by atoms with Crippen molar-refractivity contribution in [3.8, 4) is 0 Å². The van der Waals surface area contributed by atoms with Gasteiger partial charge >= 0.3 is 0 Å². The van der Waals surface area contributed by atoms with Crippen molar-refractivity contribution in [2.45, 2.75) is 45.6 Å². The molecule has 1 aromatic rings. The number of aryl methyl sites for hydroxylation is 1. The van der Waals surface area contributed by atoms with Gasteiger partial charge in [0.2, 0.25) is 0 Å². The molecule has 1 N–H and O–H groups in total. The van der Waals surface area contributed by atoms with Gasteiger partial charge in [-0.2, -0.15) is 0 Å². The molecule has 1 aromatic carbocycles. The van der Waals surface area contributed by atoms with Gasteiger partial charge in [-0.05, 0) is 55.5 Å². The lowest BCUT2D eigenvalue weighted by Crippen LogP contribution is -2.21. The van der Waals surface area contributed by atoms with Crippen LogP contribution in [0.3, 0.4) is 0 Å². The van der Waals surface area contributed by atoms with Crippen LogP contribution in [0.25, 0.3) is 0 Å². The van der Waals surface area contributed by atoms with E-state index in [0.29, 0.717) is 6.04 Å². The highest BCUT2D eigenvalue weighted by Crippen LogP contribution is 2.36. The molecule has 17 heavy (non-hydrogen) atoms. The largest absolute Gasteiger partial charge is 0.310 e. The second-order valence-corrected chi connectivity index (χ2v) is 6.05. The van der Waals surface area contributed by atoms with Crippen molar-refractivity contribution in [1.82, 2.24) is 5.32 Å². The van der Waals surface area contributed by atoms with Crippen LogP contribution < -0.4 is 5.32 Å². The fourth-order valence-electron chi connectivity index (χ4n) is 2.41. The summed E-state index contributed by atoms with van der Waals surface area (Å²) >= 11 is 3.58. The normalized spacial score (nSPS) is 17.1. The zero-order valence-electron chi connectivity index (χ0n) is 10.8. The van der Waals surface area contributed by atoms with E-state index in [1.54, 1.807) is 0 Å². The lowest BCUT2D eigenvalue weighted by molar-refractivity contribution is 0.480. The molecule has 0 aliphatic heterocycles. The number of rotatable bonds is 6. The Kier molecular flexibility index (Phi) is 4.63. The first kappa shape index (κ1) is 13.1. The molecule has 94 valence electrons. The Hall–Kier alpha value is -0.340. The minimum Gasteiger partial charge on any atom is -0.310 e. The van der Waals surface area contributed by atoms with Crippen LogP contribution in [0.1, 0.15) is 49.8 Å². The molecule has 1 unspecified atom stereocenters. The molecule has 1 aliphatic carbocycles. The van der Waals surface area contributed by atoms with Crippen molar-refractivity contribution in [1.29, 1.82) is 0 Å². The van der Waals surface area contributed by atoms with Gasteiger partial charge in [0.1, 0.15) is 0 Å². The van der Waals surface area contributed by atoms with Crippen molar-refractivity contribution < 1.29 is 0 Å². The van der Waals surface area contributed by atoms with Gasteiger partial charge in [0, 0.05) is 10.5 Å². The third kappa shape index (κ3) is 3.82. The van der Waals surface area contributed by atoms with Gasteiger partial charge in [-0.15, -0.1) is 0 Å². The van der Waals surface area contributed by atoms with Crippen LogP contribution in [-0.2, 0) is 0 Å². The number of hydrogen-bond acceptors (Lipinski definition) is 1. The minimum atomic E-state index is 0.526. The van der Waals surface area contributed by atoms with Gasteiger partial charge in [-0.1, -0.05) is 41.8 Å². The van der Waals surface area contributed by atoms with Crippen molar-refractivity contribution in [3.63, 3.8) is 0 Å². The summed E-state index contributed by atoms with van der Waals surface area (Å²) in [7, 11) is 0. The van der Waals surface area contributed by atoms with Gasteiger partial charge < -0.3 is 5.32 Å². The second kappa shape index (κ2) is 6.01. The molecule has 0 spiro atoms. The van der Waals surface area contributed by atoms with Crippen molar-refractivity contribution in [2.24, 2.45) is 5.92 Å². The fraction of sp³-hybridized carbons (Fsp3) is 0.600. The average Bonchev–Trinajstić information content (AvgIpc) is 3.12. The maximum absolute atomic E-state index is 3.63. The topological polar surface area (TPSA) is 12.0 Å². The first-order valence-electron chi connectivity index (χ1n) is 6.70. The van der Waals surface area contributed by atoms with Crippen LogP contribution in [0.4, 0.5) is 0 Å². The Bertz CT molecular complexity index is 371. The molecule has 0 aromatic heterocycles. The van der Waals surface area contributed by atoms with Crippen LogP contribution in [0, 0.1) is 12.8 Å². The highest BCUT2D eigenvalue weighted by molar-refractivity contribution is 9.10. The van der Waals surface area contributed by atoms with E-state index in [1.807, 2.05) is 0 Å². The molecule has 0 heterocycles. The molecule has 1 atom stereocenters. The van der Waals surface area contributed by atoms with E-state index in [0.717, 1.165) is 12.5 Å². The Labute approximate surface area is 113 Å². The molecule has 1 nitrogen and oxygen atoms in total. The fourth-order valence-corrected chi connectivity index (χ4v) is 2.79. The average molecular weight is 296 g/mol. The van der Waals surface area contributed by atoms with E-state index < -0.39 is 0 Å². The zero-order valence-corrected chi connectivity index (χ0v) is 12.4. The highest BCUT2D eigenvalue weighted by Gasteiger charge is 2.23. The summed E-state index contributed by atoms with van der Waals surface area (Å²) in [5.74, 6) is 1.02. The lowest BCUT2D eigenvalue weighted by atomic mass is 9.96. The predicted octanol–water partition coefficient (Wildman–Crippen LogP) is 4.60. The van der Waals surface area contributed by atoms with Crippen LogP contribution in [0.15, 0.2) is 22.7 Å². The van der Waals surface area contributed by atoms with Gasteiger partial charge in [0.05, 0.1) is 0 Å². The third-order valence-electron chi connectivity index (χ3n) is 3.63. The second-order valence-electron chi connectivity index (χ2n) is 5.13. The maximum atomic E-state index is 3.63. The van der Waals surface area contributed by atoms with E-state index in [1.165, 1.54) is 41.3 Å². The molecule has 0 saturated heterocycles. The molecule has 0 bridgehead atoms. The van der Waals surface area contributed by atoms with Crippen molar-refractivity contribution in [3.05, 3.63) is 33.8 Å². The predicted molar refractivity (Wildman–Crippen MR) is 77.3 cm³/mol. The molecule has 0 radical (unpaired) electrons. The Morgan fingerprint density at radius 2 is 2.18 bits per heavy atom. The monoisotopic (exact) mass is 295 g/mol. The summed E-state index contributed by atoms with van der Waals surface area (Å²) in [5.41, 5.74) is 2.86. The summed E-state index contributed by atoms with van der Waals surface area (Å²) in [6, 6.07) is 7.14. The number of benzene rings is 1. The Balaban J connectivity index is 2.08. The molecular formula is C15H22BrN. The summed E-state index contributed by atoms with van der Waals surface area (Å²) in [6.07, 6.45) is 5.56. The summed E-state index contributed by atoms with van der Waals surface area (Å²) in [4.78, 5) is 0. The number of hydrogen-bond donors (Lipinski definition) is 1. The van der Waals surface area contributed by atoms with E-state index in [-0.39, 0.29) is 0 Å². The van der Waals surface area contributed by atoms with Crippen LogP contribution >= 0.6 is 15.9 Å². The molecule has 2 heteroatoms. The molecule has 0 amide bonds. The van der Waals surface area contributed by atoms with Gasteiger partial charge in [0.25, 0.3) is 0 Å². The first-order chi connectivity index (χ1) is 8.20. The molecule has 1 aliphatic rings. The summed E-state index contributed by atoms with van der Waals surface area (Å²) < 4.78 is 1.19. The van der Waals surface area contributed by atoms with Crippen LogP contribution in [0.2, 0.25) is 0 Å². The summed E-state index contributed by atoms with van der Waals surface area (Å²) in [5, 5.41) is 3.63. The van der Waals surface area contributed by atoms with E-state index in [4.69, 9.17) is 0 Å². The smallest absolute Gasteiger partial charge is 0.0323 e. The van der Waals surface area contributed by atoms with E-state index in [9.17, 15) is 0 Å². The maximum Gasteiger partial charge on any atom is 0.0323 e. The van der Waals surface area contributed by atoms with Crippen LogP contribution in [-0.4, -0.2) is 6.54 Å². The standard InChI is InChI=1S/C15H22BrN/c1-3-17-15(9-7-12-5-6-12)14-10-13(16)8-4-11(14)2/h4,8,10,12,15,17H,3,5-7,9H2,1-2H3. The Morgan fingerprint density at radius 1 is 1.41 bits per heavy atom. The van der Waals surface area contributed by atoms with Crippen LogP contribution in [0.5, 0.6) is 0 Å². The molecule has 1 fully saturated rings. The molecular weight excluding hydrogens is 274 g/mol. The SMILES string of the molecule is CCNC(CCC1CC1)c1cc(Br)ccc1C. The Morgan fingerprint density at radius 3 is 2.82 bits per heavy atom. The first-order valence-corrected chi connectivity index (χ1v) is 7.49. The highest BCUT2D eigenvalue weighted by atomic mass is 79.9. The third-order valence-corrected chi connectivity index (χ3v) is 4.12. The molecule has 1 saturated carbocycles. The summed E-state index contributed by atoms with van der Waals surface area (Å²) in [6.45, 7) is 5.45. The zero-order chi connectivity index (χ0) is 12.3. The van der Waals surface area contributed by atoms with Crippen molar-refractivity contribution in [2.75, 3.05) is 6.54 Å². The number of nitrogens with one attached hydrogen (secondary N) is 1. The van der Waals surface area contributed by atoms with E-state index >= 15 is 0 Å². The van der Waals surface area contributed by atoms with Crippen molar-refractivity contribution >= 4 is 15.9 Å². The van der Waals surface area contributed by atoms with Gasteiger partial charge in [0.15, 0.2) is 0 Å². The quantitative estimate of drug-likeness (QED) is 0.809. The van der Waals surface area contributed by atoms with Gasteiger partial charge in [-0.3, -0.25) is 0 Å². The number of halogens is 1. The molecule has 2 rings (SSSR count). The minimum absolute atomic E-state index is 0.526. The van der Waals surface area contributed by atoms with E-state index in [2.05, 4.69) is 53.3 Å². The lowest BCUT2D eigenvalue weighted by Gasteiger charge is -2.20. The van der Waals surface area contributed by atoms with Gasteiger partial charge in [-0.25, -0.2) is 0 Å².